The number of methoxy groups -OCH3 is 1. The van der Waals surface area contributed by atoms with Crippen molar-refractivity contribution in [3.8, 4) is 16.2 Å². The number of benzene rings is 1. The highest BCUT2D eigenvalue weighted by Crippen LogP contribution is 2.42. The number of thiophene rings is 1. The second-order valence-electron chi connectivity index (χ2n) is 7.53. The zero-order valence-corrected chi connectivity index (χ0v) is 18.7. The highest BCUT2D eigenvalue weighted by atomic mass is 32.1. The van der Waals surface area contributed by atoms with Crippen LogP contribution in [0.5, 0.6) is 5.75 Å². The molecule has 0 saturated heterocycles. The van der Waals surface area contributed by atoms with E-state index in [4.69, 9.17) is 14.2 Å². The van der Waals surface area contributed by atoms with Gasteiger partial charge in [0, 0.05) is 53.2 Å². The number of esters is 1. The number of carbonyl (C=O) groups is 2. The molecule has 3 heterocycles. The molecule has 2 aromatic heterocycles. The van der Waals surface area contributed by atoms with Crippen LogP contribution in [0.25, 0.3) is 10.4 Å². The predicted octanol–water partition coefficient (Wildman–Crippen LogP) is 4.80. The van der Waals surface area contributed by atoms with Crippen LogP contribution < -0.4 is 4.74 Å². The Labute approximate surface area is 185 Å². The number of hydrogen-bond acceptors (Lipinski definition) is 6. The Morgan fingerprint density at radius 1 is 1.19 bits per heavy atom. The molecule has 6 nitrogen and oxygen atoms in total. The van der Waals surface area contributed by atoms with E-state index in [9.17, 15) is 9.59 Å². The Morgan fingerprint density at radius 3 is 2.81 bits per heavy atom. The maximum atomic E-state index is 12.7. The van der Waals surface area contributed by atoms with Gasteiger partial charge in [0.25, 0.3) is 0 Å². The number of ketones is 1. The summed E-state index contributed by atoms with van der Waals surface area (Å²) >= 11 is 1.37. The predicted molar refractivity (Wildman–Crippen MR) is 119 cm³/mol. The Morgan fingerprint density at radius 2 is 2.00 bits per heavy atom. The number of ether oxygens (including phenoxy) is 3. The van der Waals surface area contributed by atoms with Crippen LogP contribution >= 0.6 is 11.3 Å². The molecule has 1 aliphatic heterocycles. The van der Waals surface area contributed by atoms with Gasteiger partial charge in [0.05, 0.1) is 0 Å². The van der Waals surface area contributed by atoms with Crippen molar-refractivity contribution >= 4 is 23.1 Å². The quantitative estimate of drug-likeness (QED) is 0.286. The molecule has 7 heteroatoms. The molecule has 0 fully saturated rings. The van der Waals surface area contributed by atoms with Gasteiger partial charge in [0.2, 0.25) is 5.78 Å². The summed E-state index contributed by atoms with van der Waals surface area (Å²) in [4.78, 5) is 26.8. The Kier molecular flexibility index (Phi) is 6.25. The minimum Gasteiger partial charge on any atom is -0.488 e. The van der Waals surface area contributed by atoms with E-state index < -0.39 is 5.97 Å². The summed E-state index contributed by atoms with van der Waals surface area (Å²) in [5.74, 6) is 0.126. The summed E-state index contributed by atoms with van der Waals surface area (Å²) in [6.07, 6.45) is 0.866. The molecule has 4 rings (SSSR count). The van der Waals surface area contributed by atoms with Crippen molar-refractivity contribution in [1.82, 2.24) is 4.57 Å². The van der Waals surface area contributed by atoms with Gasteiger partial charge >= 0.3 is 5.97 Å². The van der Waals surface area contributed by atoms with Gasteiger partial charge in [-0.2, -0.15) is 0 Å². The molecular weight excluding hydrogens is 414 g/mol. The third kappa shape index (κ3) is 4.29. The van der Waals surface area contributed by atoms with Crippen molar-refractivity contribution in [3.05, 3.63) is 63.8 Å². The summed E-state index contributed by atoms with van der Waals surface area (Å²) in [5.41, 5.74) is 4.42. The van der Waals surface area contributed by atoms with Crippen LogP contribution in [0, 0.1) is 13.8 Å². The van der Waals surface area contributed by atoms with Crippen molar-refractivity contribution in [1.29, 1.82) is 0 Å². The van der Waals surface area contributed by atoms with Crippen LogP contribution in [-0.2, 0) is 22.6 Å². The lowest BCUT2D eigenvalue weighted by atomic mass is 10.1. The Balaban J connectivity index is 1.43. The van der Waals surface area contributed by atoms with Crippen LogP contribution in [0.3, 0.4) is 0 Å². The Hall–Kier alpha value is -2.90. The number of para-hydroxylation sites is 1. The molecule has 0 saturated carbocycles. The fraction of sp³-hybridized carbons (Fsp3) is 0.333. The second kappa shape index (κ2) is 9.08. The average molecular weight is 440 g/mol. The summed E-state index contributed by atoms with van der Waals surface area (Å²) in [6.45, 7) is 5.47. The van der Waals surface area contributed by atoms with E-state index in [-0.39, 0.29) is 12.4 Å². The van der Waals surface area contributed by atoms with E-state index in [1.54, 1.807) is 13.2 Å². The van der Waals surface area contributed by atoms with E-state index in [2.05, 4.69) is 4.57 Å². The molecule has 0 N–H and O–H groups in total. The molecule has 0 spiro atoms. The minimum atomic E-state index is -0.487. The number of Topliss-reactive ketones (excluding diaryl/α,β-unsaturated/α-hetero) is 1. The average Bonchev–Trinajstić information content (AvgIpc) is 3.34. The molecule has 0 aliphatic carbocycles. The first kappa shape index (κ1) is 21.3. The molecular formula is C24H25NO5S. The maximum Gasteiger partial charge on any atom is 0.348 e. The lowest BCUT2D eigenvalue weighted by molar-refractivity contribution is 0.0479. The molecule has 1 aromatic carbocycles. The number of carbonyl (C=O) groups excluding carboxylic acids is 2. The number of rotatable bonds is 8. The summed E-state index contributed by atoms with van der Waals surface area (Å²) in [7, 11) is 1.68. The molecule has 1 aliphatic rings. The fourth-order valence-corrected chi connectivity index (χ4v) is 4.97. The van der Waals surface area contributed by atoms with E-state index in [1.165, 1.54) is 11.3 Å². The van der Waals surface area contributed by atoms with Crippen molar-refractivity contribution in [2.75, 3.05) is 20.3 Å². The first-order valence-electron chi connectivity index (χ1n) is 10.2. The third-order valence-electron chi connectivity index (χ3n) is 5.46. The fourth-order valence-electron chi connectivity index (χ4n) is 3.87. The van der Waals surface area contributed by atoms with Gasteiger partial charge in [-0.1, -0.05) is 12.1 Å². The van der Waals surface area contributed by atoms with Gasteiger partial charge in [0.1, 0.15) is 17.2 Å². The highest BCUT2D eigenvalue weighted by Gasteiger charge is 2.24. The van der Waals surface area contributed by atoms with Gasteiger partial charge in [0.15, 0.2) is 6.61 Å². The normalized spacial score (nSPS) is 12.1. The summed E-state index contributed by atoms with van der Waals surface area (Å²) in [5, 5.41) is 0. The standard InChI is InChI=1S/C24H25NO5S/c1-15-11-19(16(2)25(15)9-6-10-28-3)20(26)14-30-24(27)22-12-17-13-29-21-8-5-4-7-18(21)23(17)31-22/h4-5,7-8,11-12H,6,9-10,13-14H2,1-3H3. The zero-order valence-electron chi connectivity index (χ0n) is 17.9. The Bertz CT molecular complexity index is 1130. The molecule has 0 atom stereocenters. The van der Waals surface area contributed by atoms with Crippen LogP contribution in [-0.4, -0.2) is 36.6 Å². The first-order valence-corrected chi connectivity index (χ1v) is 11.0. The van der Waals surface area contributed by atoms with Gasteiger partial charge < -0.3 is 18.8 Å². The van der Waals surface area contributed by atoms with Crippen LogP contribution in [0.15, 0.2) is 36.4 Å². The van der Waals surface area contributed by atoms with Crippen molar-refractivity contribution in [2.45, 2.75) is 33.4 Å². The molecule has 0 radical (unpaired) electrons. The lowest BCUT2D eigenvalue weighted by Crippen LogP contribution is -2.14. The molecule has 162 valence electrons. The van der Waals surface area contributed by atoms with Crippen molar-refractivity contribution in [2.24, 2.45) is 0 Å². The monoisotopic (exact) mass is 439 g/mol. The van der Waals surface area contributed by atoms with E-state index in [0.717, 1.165) is 46.1 Å². The first-order chi connectivity index (χ1) is 15.0. The SMILES string of the molecule is COCCCn1c(C)cc(C(=O)COC(=O)c2cc3c(s2)-c2ccccc2OC3)c1C. The molecule has 3 aromatic rings. The summed E-state index contributed by atoms with van der Waals surface area (Å²) in [6, 6.07) is 11.4. The topological polar surface area (TPSA) is 66.8 Å². The van der Waals surface area contributed by atoms with Gasteiger partial charge in [-0.15, -0.1) is 11.3 Å². The van der Waals surface area contributed by atoms with E-state index in [1.807, 2.05) is 44.2 Å². The summed E-state index contributed by atoms with van der Waals surface area (Å²) < 4.78 is 18.3. The minimum absolute atomic E-state index is 0.200. The molecule has 0 bridgehead atoms. The molecule has 31 heavy (non-hydrogen) atoms. The molecule has 0 amide bonds. The number of aryl methyl sites for hydroxylation is 1. The largest absolute Gasteiger partial charge is 0.488 e. The zero-order chi connectivity index (χ0) is 22.0. The second-order valence-corrected chi connectivity index (χ2v) is 8.58. The van der Waals surface area contributed by atoms with Crippen molar-refractivity contribution in [3.63, 3.8) is 0 Å². The number of hydrogen-bond donors (Lipinski definition) is 0. The number of fused-ring (bicyclic) bond motifs is 3. The van der Waals surface area contributed by atoms with Gasteiger partial charge in [-0.25, -0.2) is 4.79 Å². The van der Waals surface area contributed by atoms with E-state index in [0.29, 0.717) is 23.7 Å². The third-order valence-corrected chi connectivity index (χ3v) is 6.65. The smallest absolute Gasteiger partial charge is 0.348 e. The van der Waals surface area contributed by atoms with Crippen LogP contribution in [0.4, 0.5) is 0 Å². The van der Waals surface area contributed by atoms with Gasteiger partial charge in [-0.05, 0) is 44.5 Å². The van der Waals surface area contributed by atoms with Crippen LogP contribution in [0.2, 0.25) is 0 Å². The lowest BCUT2D eigenvalue weighted by Gasteiger charge is -2.16. The van der Waals surface area contributed by atoms with Gasteiger partial charge in [-0.3, -0.25) is 4.79 Å². The van der Waals surface area contributed by atoms with Crippen molar-refractivity contribution < 1.29 is 23.8 Å². The van der Waals surface area contributed by atoms with Crippen LogP contribution in [0.1, 0.15) is 43.4 Å². The molecule has 0 unspecified atom stereocenters. The number of nitrogens with zero attached hydrogens (tertiary/aromatic N) is 1. The van der Waals surface area contributed by atoms with E-state index >= 15 is 0 Å². The highest BCUT2D eigenvalue weighted by molar-refractivity contribution is 7.17. The maximum absolute atomic E-state index is 12.7. The number of aromatic nitrogens is 1.